The Balaban J connectivity index is 2.22. The average molecular weight is 310 g/mol. The van der Waals surface area contributed by atoms with Gasteiger partial charge in [0.2, 0.25) is 5.91 Å². The number of nitrogens with one attached hydrogen (secondary N) is 1. The normalized spacial score (nSPS) is 19.2. The minimum Gasteiger partial charge on any atom is -0.353 e. The highest BCUT2D eigenvalue weighted by atomic mass is 32.2. The SMILES string of the molecule is CCS(=O)(=O)c1ccc(C(=O)N2CCNC(=O)C2C)cc1. The third kappa shape index (κ3) is 3.07. The first kappa shape index (κ1) is 15.5. The van der Waals surface area contributed by atoms with Crippen LogP contribution in [0.15, 0.2) is 29.2 Å². The second-order valence-electron chi connectivity index (χ2n) is 4.89. The molecule has 1 aliphatic rings. The number of rotatable bonds is 3. The van der Waals surface area contributed by atoms with Gasteiger partial charge in [0.05, 0.1) is 10.6 Å². The summed E-state index contributed by atoms with van der Waals surface area (Å²) in [4.78, 5) is 25.7. The van der Waals surface area contributed by atoms with E-state index in [1.165, 1.54) is 29.2 Å². The predicted molar refractivity (Wildman–Crippen MR) is 77.7 cm³/mol. The molecule has 6 nitrogen and oxygen atoms in total. The Labute approximate surface area is 124 Å². The van der Waals surface area contributed by atoms with Gasteiger partial charge < -0.3 is 10.2 Å². The molecule has 1 aromatic carbocycles. The monoisotopic (exact) mass is 310 g/mol. The fraction of sp³-hybridized carbons (Fsp3) is 0.429. The molecule has 1 saturated heterocycles. The Morgan fingerprint density at radius 1 is 1.33 bits per heavy atom. The number of carbonyl (C=O) groups is 2. The molecule has 1 aromatic rings. The van der Waals surface area contributed by atoms with Gasteiger partial charge in [0, 0.05) is 18.7 Å². The predicted octanol–water partition coefficient (Wildman–Crippen LogP) is 0.441. The van der Waals surface area contributed by atoms with Gasteiger partial charge in [-0.2, -0.15) is 0 Å². The van der Waals surface area contributed by atoms with Gasteiger partial charge in [0.25, 0.3) is 5.91 Å². The van der Waals surface area contributed by atoms with Crippen LogP contribution in [0.1, 0.15) is 24.2 Å². The Morgan fingerprint density at radius 3 is 2.52 bits per heavy atom. The molecule has 114 valence electrons. The Kier molecular flexibility index (Phi) is 4.32. The smallest absolute Gasteiger partial charge is 0.254 e. The summed E-state index contributed by atoms with van der Waals surface area (Å²) in [6.07, 6.45) is 0. The zero-order valence-corrected chi connectivity index (χ0v) is 12.8. The number of benzene rings is 1. The molecule has 1 aliphatic heterocycles. The number of piperazine rings is 1. The highest BCUT2D eigenvalue weighted by molar-refractivity contribution is 7.91. The second kappa shape index (κ2) is 5.85. The van der Waals surface area contributed by atoms with Crippen molar-refractivity contribution >= 4 is 21.7 Å². The molecule has 0 saturated carbocycles. The summed E-state index contributed by atoms with van der Waals surface area (Å²) in [6.45, 7) is 4.11. The zero-order valence-electron chi connectivity index (χ0n) is 12.0. The van der Waals surface area contributed by atoms with Gasteiger partial charge in [-0.25, -0.2) is 8.42 Å². The lowest BCUT2D eigenvalue weighted by molar-refractivity contribution is -0.127. The van der Waals surface area contributed by atoms with Gasteiger partial charge in [0.1, 0.15) is 6.04 Å². The molecule has 0 radical (unpaired) electrons. The largest absolute Gasteiger partial charge is 0.353 e. The van der Waals surface area contributed by atoms with Crippen LogP contribution >= 0.6 is 0 Å². The summed E-state index contributed by atoms with van der Waals surface area (Å²) < 4.78 is 23.5. The van der Waals surface area contributed by atoms with Crippen LogP contribution in [0.4, 0.5) is 0 Å². The molecule has 0 bridgehead atoms. The Bertz CT molecular complexity index is 652. The standard InChI is InChI=1S/C14H18N2O4S/c1-3-21(19,20)12-6-4-11(5-7-12)14(18)16-9-8-15-13(17)10(16)2/h4-7,10H,3,8-9H2,1-2H3,(H,15,17). The van der Waals surface area contributed by atoms with Crippen molar-refractivity contribution in [3.8, 4) is 0 Å². The highest BCUT2D eigenvalue weighted by Crippen LogP contribution is 2.15. The Morgan fingerprint density at radius 2 is 1.95 bits per heavy atom. The lowest BCUT2D eigenvalue weighted by Crippen LogP contribution is -2.55. The number of nitrogens with zero attached hydrogens (tertiary/aromatic N) is 1. The topological polar surface area (TPSA) is 83.6 Å². The fourth-order valence-electron chi connectivity index (χ4n) is 2.20. The van der Waals surface area contributed by atoms with Crippen LogP contribution in [0.5, 0.6) is 0 Å². The van der Waals surface area contributed by atoms with Crippen LogP contribution in [0.2, 0.25) is 0 Å². The summed E-state index contributed by atoms with van der Waals surface area (Å²) in [5.74, 6) is -0.429. The van der Waals surface area contributed by atoms with Crippen molar-refractivity contribution in [1.29, 1.82) is 0 Å². The van der Waals surface area contributed by atoms with Gasteiger partial charge in [-0.1, -0.05) is 6.92 Å². The minimum atomic E-state index is -3.27. The molecule has 1 atom stereocenters. The van der Waals surface area contributed by atoms with E-state index in [2.05, 4.69) is 5.32 Å². The van der Waals surface area contributed by atoms with E-state index in [9.17, 15) is 18.0 Å². The third-order valence-electron chi connectivity index (χ3n) is 3.60. The molecule has 7 heteroatoms. The molecule has 2 amide bonds. The lowest BCUT2D eigenvalue weighted by atomic mass is 10.1. The first-order chi connectivity index (χ1) is 9.86. The van der Waals surface area contributed by atoms with Crippen LogP contribution in [-0.2, 0) is 14.6 Å². The summed E-state index contributed by atoms with van der Waals surface area (Å²) in [5.41, 5.74) is 0.381. The van der Waals surface area contributed by atoms with E-state index < -0.39 is 15.9 Å². The average Bonchev–Trinajstić information content (AvgIpc) is 2.49. The molecular formula is C14H18N2O4S. The second-order valence-corrected chi connectivity index (χ2v) is 7.17. The summed E-state index contributed by atoms with van der Waals surface area (Å²) in [6, 6.07) is 5.32. The fourth-order valence-corrected chi connectivity index (χ4v) is 3.08. The number of hydrogen-bond donors (Lipinski definition) is 1. The van der Waals surface area contributed by atoms with Crippen molar-refractivity contribution < 1.29 is 18.0 Å². The molecule has 0 aromatic heterocycles. The van der Waals surface area contributed by atoms with Crippen LogP contribution in [0.25, 0.3) is 0 Å². The van der Waals surface area contributed by atoms with Crippen molar-refractivity contribution in [3.05, 3.63) is 29.8 Å². The molecule has 1 unspecified atom stereocenters. The van der Waals surface area contributed by atoms with Crippen LogP contribution < -0.4 is 5.32 Å². The first-order valence-electron chi connectivity index (χ1n) is 6.78. The molecule has 21 heavy (non-hydrogen) atoms. The molecule has 1 N–H and O–H groups in total. The van der Waals surface area contributed by atoms with E-state index in [4.69, 9.17) is 0 Å². The van der Waals surface area contributed by atoms with Crippen LogP contribution in [0.3, 0.4) is 0 Å². The van der Waals surface area contributed by atoms with Gasteiger partial charge in [-0.15, -0.1) is 0 Å². The van der Waals surface area contributed by atoms with Crippen molar-refractivity contribution in [2.24, 2.45) is 0 Å². The lowest BCUT2D eigenvalue weighted by Gasteiger charge is -2.32. The van der Waals surface area contributed by atoms with E-state index in [-0.39, 0.29) is 22.5 Å². The maximum absolute atomic E-state index is 12.4. The van der Waals surface area contributed by atoms with Gasteiger partial charge in [0.15, 0.2) is 9.84 Å². The van der Waals surface area contributed by atoms with E-state index in [1.807, 2.05) is 0 Å². The molecule has 0 spiro atoms. The number of hydrogen-bond acceptors (Lipinski definition) is 4. The van der Waals surface area contributed by atoms with Crippen molar-refractivity contribution in [1.82, 2.24) is 10.2 Å². The summed E-state index contributed by atoms with van der Waals surface area (Å²) >= 11 is 0. The van der Waals surface area contributed by atoms with E-state index in [0.717, 1.165) is 0 Å². The molecule has 2 rings (SSSR count). The third-order valence-corrected chi connectivity index (χ3v) is 5.35. The van der Waals surface area contributed by atoms with Crippen molar-refractivity contribution in [2.45, 2.75) is 24.8 Å². The van der Waals surface area contributed by atoms with Crippen molar-refractivity contribution in [3.63, 3.8) is 0 Å². The van der Waals surface area contributed by atoms with E-state index in [1.54, 1.807) is 13.8 Å². The first-order valence-corrected chi connectivity index (χ1v) is 8.43. The van der Waals surface area contributed by atoms with E-state index in [0.29, 0.717) is 18.7 Å². The summed E-state index contributed by atoms with van der Waals surface area (Å²) in [5, 5.41) is 2.69. The van der Waals surface area contributed by atoms with Crippen LogP contribution in [0, 0.1) is 0 Å². The maximum atomic E-state index is 12.4. The molecular weight excluding hydrogens is 292 g/mol. The molecule has 0 aliphatic carbocycles. The maximum Gasteiger partial charge on any atom is 0.254 e. The van der Waals surface area contributed by atoms with Gasteiger partial charge in [-0.3, -0.25) is 9.59 Å². The summed E-state index contributed by atoms with van der Waals surface area (Å²) in [7, 11) is -3.27. The number of sulfone groups is 1. The number of carbonyl (C=O) groups excluding carboxylic acids is 2. The highest BCUT2D eigenvalue weighted by Gasteiger charge is 2.29. The van der Waals surface area contributed by atoms with Crippen LogP contribution in [-0.4, -0.2) is 50.0 Å². The van der Waals surface area contributed by atoms with Crippen molar-refractivity contribution in [2.75, 3.05) is 18.8 Å². The van der Waals surface area contributed by atoms with E-state index >= 15 is 0 Å². The quantitative estimate of drug-likeness (QED) is 0.878. The molecule has 1 heterocycles. The Hall–Kier alpha value is -1.89. The van der Waals surface area contributed by atoms with Gasteiger partial charge >= 0.3 is 0 Å². The minimum absolute atomic E-state index is 0.0175. The van der Waals surface area contributed by atoms with Gasteiger partial charge in [-0.05, 0) is 31.2 Å². The number of amides is 2. The zero-order chi connectivity index (χ0) is 15.6. The molecule has 1 fully saturated rings.